The third kappa shape index (κ3) is 2.56. The first-order valence-corrected chi connectivity index (χ1v) is 8.15. The Morgan fingerprint density at radius 3 is 2.50 bits per heavy atom. The van der Waals surface area contributed by atoms with Gasteiger partial charge < -0.3 is 4.90 Å². The molecule has 3 heteroatoms. The maximum Gasteiger partial charge on any atom is 0.128 e. The summed E-state index contributed by atoms with van der Waals surface area (Å²) in [6.45, 7) is 10.4. The lowest BCUT2D eigenvalue weighted by Crippen LogP contribution is -2.30. The Hall–Kier alpha value is -1.09. The molecule has 0 aromatic carbocycles. The average Bonchev–Trinajstić information content (AvgIpc) is 3.10. The fraction of sp³-hybridized carbons (Fsp3) is 0.706. The van der Waals surface area contributed by atoms with Crippen molar-refractivity contribution in [3.63, 3.8) is 0 Å². The highest BCUT2D eigenvalue weighted by molar-refractivity contribution is 5.43. The van der Waals surface area contributed by atoms with Crippen molar-refractivity contribution >= 4 is 5.82 Å². The number of pyridine rings is 1. The first kappa shape index (κ1) is 13.9. The Kier molecular flexibility index (Phi) is 3.97. The number of hydrogen-bond donors (Lipinski definition) is 0. The van der Waals surface area contributed by atoms with Gasteiger partial charge in [-0.2, -0.15) is 0 Å². The number of anilines is 1. The molecule has 2 saturated heterocycles. The van der Waals surface area contributed by atoms with E-state index in [1.165, 1.54) is 62.4 Å². The highest BCUT2D eigenvalue weighted by Crippen LogP contribution is 2.35. The topological polar surface area (TPSA) is 19.4 Å². The largest absolute Gasteiger partial charge is 0.357 e. The summed E-state index contributed by atoms with van der Waals surface area (Å²) in [5.41, 5.74) is 2.67. The zero-order chi connectivity index (χ0) is 14.1. The molecule has 2 aliphatic rings. The highest BCUT2D eigenvalue weighted by atomic mass is 15.2. The van der Waals surface area contributed by atoms with Crippen LogP contribution in [0.4, 0.5) is 5.82 Å². The van der Waals surface area contributed by atoms with Gasteiger partial charge in [-0.25, -0.2) is 4.98 Å². The minimum Gasteiger partial charge on any atom is -0.357 e. The summed E-state index contributed by atoms with van der Waals surface area (Å²) >= 11 is 0. The third-order valence-electron chi connectivity index (χ3n) is 4.86. The molecule has 3 heterocycles. The molecule has 0 amide bonds. The van der Waals surface area contributed by atoms with Crippen molar-refractivity contribution in [2.75, 3.05) is 24.5 Å². The predicted molar refractivity (Wildman–Crippen MR) is 84.2 cm³/mol. The van der Waals surface area contributed by atoms with Gasteiger partial charge in [0.15, 0.2) is 0 Å². The second-order valence-corrected chi connectivity index (χ2v) is 6.53. The summed E-state index contributed by atoms with van der Waals surface area (Å²) in [5.74, 6) is 1.18. The van der Waals surface area contributed by atoms with E-state index in [1.54, 1.807) is 0 Å². The van der Waals surface area contributed by atoms with Crippen LogP contribution in [0.1, 0.15) is 56.8 Å². The highest BCUT2D eigenvalue weighted by Gasteiger charge is 2.29. The molecule has 110 valence electrons. The summed E-state index contributed by atoms with van der Waals surface area (Å²) < 4.78 is 0. The lowest BCUT2D eigenvalue weighted by molar-refractivity contribution is 0.204. The van der Waals surface area contributed by atoms with Gasteiger partial charge in [-0.15, -0.1) is 0 Å². The molecule has 0 N–H and O–H groups in total. The van der Waals surface area contributed by atoms with Gasteiger partial charge in [0.1, 0.15) is 5.82 Å². The van der Waals surface area contributed by atoms with Crippen LogP contribution in [0.25, 0.3) is 0 Å². The van der Waals surface area contributed by atoms with E-state index in [1.807, 2.05) is 0 Å². The Morgan fingerprint density at radius 1 is 1.10 bits per heavy atom. The van der Waals surface area contributed by atoms with Crippen molar-refractivity contribution in [3.05, 3.63) is 23.4 Å². The van der Waals surface area contributed by atoms with Crippen molar-refractivity contribution < 1.29 is 0 Å². The van der Waals surface area contributed by atoms with Crippen LogP contribution in [0.3, 0.4) is 0 Å². The maximum absolute atomic E-state index is 4.89. The number of hydrogen-bond acceptors (Lipinski definition) is 3. The number of aromatic nitrogens is 1. The normalized spacial score (nSPS) is 24.0. The molecule has 2 fully saturated rings. The Bertz CT molecular complexity index is 463. The molecule has 0 bridgehead atoms. The number of nitrogens with zero attached hydrogens (tertiary/aromatic N) is 3. The quantitative estimate of drug-likeness (QED) is 0.840. The van der Waals surface area contributed by atoms with Crippen molar-refractivity contribution in [1.29, 1.82) is 0 Å². The van der Waals surface area contributed by atoms with Gasteiger partial charge in [0.05, 0.1) is 0 Å². The average molecular weight is 273 g/mol. The van der Waals surface area contributed by atoms with Crippen LogP contribution in [0.2, 0.25) is 0 Å². The zero-order valence-corrected chi connectivity index (χ0v) is 13.1. The van der Waals surface area contributed by atoms with Gasteiger partial charge in [-0.3, -0.25) is 4.90 Å². The van der Waals surface area contributed by atoms with E-state index in [9.17, 15) is 0 Å². The minimum atomic E-state index is 0.579. The van der Waals surface area contributed by atoms with Gasteiger partial charge in [0, 0.05) is 30.9 Å². The molecule has 20 heavy (non-hydrogen) atoms. The fourth-order valence-electron chi connectivity index (χ4n) is 3.77. The SMILES string of the molecule is Cc1nc(N2CCCC2)ccc1[C@@H]1CCCN1C(C)C. The smallest absolute Gasteiger partial charge is 0.128 e. The van der Waals surface area contributed by atoms with Gasteiger partial charge in [0.25, 0.3) is 0 Å². The van der Waals surface area contributed by atoms with E-state index >= 15 is 0 Å². The van der Waals surface area contributed by atoms with E-state index < -0.39 is 0 Å². The molecule has 0 aliphatic carbocycles. The van der Waals surface area contributed by atoms with Crippen molar-refractivity contribution in [2.24, 2.45) is 0 Å². The standard InChI is InChI=1S/C17H27N3/c1-13(2)20-12-6-7-16(20)15-8-9-17(18-14(15)3)19-10-4-5-11-19/h8-9,13,16H,4-7,10-12H2,1-3H3/t16-/m0/s1. The number of likely N-dealkylation sites (tertiary alicyclic amines) is 1. The van der Waals surface area contributed by atoms with Crippen LogP contribution in [0.5, 0.6) is 0 Å². The van der Waals surface area contributed by atoms with E-state index in [-0.39, 0.29) is 0 Å². The summed E-state index contributed by atoms with van der Waals surface area (Å²) in [5, 5.41) is 0. The molecule has 0 saturated carbocycles. The lowest BCUT2D eigenvalue weighted by Gasteiger charge is -2.29. The second-order valence-electron chi connectivity index (χ2n) is 6.53. The van der Waals surface area contributed by atoms with E-state index in [2.05, 4.69) is 42.7 Å². The van der Waals surface area contributed by atoms with Crippen LogP contribution in [0, 0.1) is 6.92 Å². The van der Waals surface area contributed by atoms with Crippen LogP contribution in [-0.2, 0) is 0 Å². The monoisotopic (exact) mass is 273 g/mol. The fourth-order valence-corrected chi connectivity index (χ4v) is 3.77. The van der Waals surface area contributed by atoms with Gasteiger partial charge in [0.2, 0.25) is 0 Å². The first-order chi connectivity index (χ1) is 9.66. The number of rotatable bonds is 3. The molecule has 0 radical (unpaired) electrons. The van der Waals surface area contributed by atoms with Gasteiger partial charge in [-0.1, -0.05) is 6.07 Å². The third-order valence-corrected chi connectivity index (χ3v) is 4.86. The Morgan fingerprint density at radius 2 is 1.85 bits per heavy atom. The number of aryl methyl sites for hydroxylation is 1. The summed E-state index contributed by atoms with van der Waals surface area (Å²) in [7, 11) is 0. The second kappa shape index (κ2) is 5.72. The summed E-state index contributed by atoms with van der Waals surface area (Å²) in [6.07, 6.45) is 5.22. The van der Waals surface area contributed by atoms with Crippen LogP contribution < -0.4 is 4.90 Å². The Balaban J connectivity index is 1.83. The molecule has 2 aliphatic heterocycles. The zero-order valence-electron chi connectivity index (χ0n) is 13.1. The van der Waals surface area contributed by atoms with Crippen LogP contribution in [0.15, 0.2) is 12.1 Å². The molecule has 1 atom stereocenters. The molecule has 0 spiro atoms. The molecule has 1 aromatic rings. The van der Waals surface area contributed by atoms with Gasteiger partial charge >= 0.3 is 0 Å². The molecule has 3 rings (SSSR count). The molecule has 0 unspecified atom stereocenters. The maximum atomic E-state index is 4.89. The van der Waals surface area contributed by atoms with Crippen LogP contribution in [-0.4, -0.2) is 35.6 Å². The molecular weight excluding hydrogens is 246 g/mol. The molecule has 3 nitrogen and oxygen atoms in total. The minimum absolute atomic E-state index is 0.579. The van der Waals surface area contributed by atoms with Crippen molar-refractivity contribution in [1.82, 2.24) is 9.88 Å². The lowest BCUT2D eigenvalue weighted by atomic mass is 10.0. The predicted octanol–water partition coefficient (Wildman–Crippen LogP) is 3.54. The summed E-state index contributed by atoms with van der Waals surface area (Å²) in [4.78, 5) is 9.94. The van der Waals surface area contributed by atoms with E-state index in [0.29, 0.717) is 12.1 Å². The van der Waals surface area contributed by atoms with Gasteiger partial charge in [-0.05, 0) is 64.6 Å². The van der Waals surface area contributed by atoms with Crippen LogP contribution >= 0.6 is 0 Å². The summed E-state index contributed by atoms with van der Waals surface area (Å²) in [6, 6.07) is 5.78. The Labute approximate surface area is 123 Å². The molecular formula is C17H27N3. The van der Waals surface area contributed by atoms with E-state index in [4.69, 9.17) is 4.98 Å². The van der Waals surface area contributed by atoms with Crippen molar-refractivity contribution in [3.8, 4) is 0 Å². The van der Waals surface area contributed by atoms with Crippen molar-refractivity contribution in [2.45, 2.75) is 58.5 Å². The molecule has 1 aromatic heterocycles. The van der Waals surface area contributed by atoms with E-state index in [0.717, 1.165) is 0 Å². The first-order valence-electron chi connectivity index (χ1n) is 8.15.